The van der Waals surface area contributed by atoms with Crippen LogP contribution in [-0.2, 0) is 0 Å². The second-order valence-corrected chi connectivity index (χ2v) is 3.77. The number of anilines is 1. The molecule has 0 unspecified atom stereocenters. The number of nitrogens with zero attached hydrogens (tertiary/aromatic N) is 2. The van der Waals surface area contributed by atoms with Gasteiger partial charge in [0.2, 0.25) is 0 Å². The second-order valence-electron chi connectivity index (χ2n) is 3.77. The Morgan fingerprint density at radius 2 is 2.24 bits per heavy atom. The molecular formula is C11H16FN3O2. The summed E-state index contributed by atoms with van der Waals surface area (Å²) in [5, 5.41) is 13.5. The van der Waals surface area contributed by atoms with Crippen molar-refractivity contribution in [1.29, 1.82) is 0 Å². The predicted octanol–water partition coefficient (Wildman–Crippen LogP) is 1.78. The number of benzene rings is 1. The molecular weight excluding hydrogens is 225 g/mol. The number of rotatable bonds is 6. The van der Waals surface area contributed by atoms with Gasteiger partial charge in [-0.25, -0.2) is 4.39 Å². The van der Waals surface area contributed by atoms with E-state index >= 15 is 0 Å². The minimum absolute atomic E-state index is 0.227. The topological polar surface area (TPSA) is 58.4 Å². The maximum atomic E-state index is 13.6. The molecule has 0 aromatic heterocycles. The Kier molecular flexibility index (Phi) is 4.84. The summed E-state index contributed by atoms with van der Waals surface area (Å²) in [5.41, 5.74) is 0.154. The van der Waals surface area contributed by atoms with E-state index in [1.807, 2.05) is 7.05 Å². The number of hydrogen-bond acceptors (Lipinski definition) is 4. The Bertz CT molecular complexity index is 398. The molecule has 17 heavy (non-hydrogen) atoms. The van der Waals surface area contributed by atoms with E-state index in [9.17, 15) is 14.5 Å². The van der Waals surface area contributed by atoms with Crippen molar-refractivity contribution in [3.63, 3.8) is 0 Å². The fourth-order valence-corrected chi connectivity index (χ4v) is 1.53. The first-order valence-electron chi connectivity index (χ1n) is 5.36. The van der Waals surface area contributed by atoms with Gasteiger partial charge in [-0.05, 0) is 26.1 Å². The van der Waals surface area contributed by atoms with Crippen molar-refractivity contribution in [1.82, 2.24) is 5.32 Å². The van der Waals surface area contributed by atoms with Crippen molar-refractivity contribution >= 4 is 11.4 Å². The maximum absolute atomic E-state index is 13.6. The number of non-ortho nitro benzene ring substituents is 1. The van der Waals surface area contributed by atoms with Gasteiger partial charge >= 0.3 is 0 Å². The Balaban J connectivity index is 2.74. The highest BCUT2D eigenvalue weighted by molar-refractivity contribution is 5.51. The van der Waals surface area contributed by atoms with Gasteiger partial charge in [-0.15, -0.1) is 0 Å². The summed E-state index contributed by atoms with van der Waals surface area (Å²) >= 11 is 0. The van der Waals surface area contributed by atoms with Crippen LogP contribution in [0.2, 0.25) is 0 Å². The fraction of sp³-hybridized carbons (Fsp3) is 0.455. The van der Waals surface area contributed by atoms with Gasteiger partial charge in [-0.2, -0.15) is 0 Å². The normalized spacial score (nSPS) is 10.3. The third kappa shape index (κ3) is 3.67. The van der Waals surface area contributed by atoms with Gasteiger partial charge in [-0.1, -0.05) is 0 Å². The monoisotopic (exact) mass is 241 g/mol. The lowest BCUT2D eigenvalue weighted by molar-refractivity contribution is -0.385. The van der Waals surface area contributed by atoms with Crippen molar-refractivity contribution < 1.29 is 9.31 Å². The van der Waals surface area contributed by atoms with E-state index in [1.54, 1.807) is 11.9 Å². The Morgan fingerprint density at radius 3 is 2.76 bits per heavy atom. The zero-order valence-corrected chi connectivity index (χ0v) is 9.94. The van der Waals surface area contributed by atoms with Gasteiger partial charge in [0.15, 0.2) is 5.82 Å². The van der Waals surface area contributed by atoms with E-state index in [0.29, 0.717) is 12.2 Å². The van der Waals surface area contributed by atoms with Crippen molar-refractivity contribution in [3.05, 3.63) is 34.1 Å². The van der Waals surface area contributed by atoms with Crippen LogP contribution in [-0.4, -0.2) is 32.1 Å². The summed E-state index contributed by atoms with van der Waals surface area (Å²) < 4.78 is 13.6. The summed E-state index contributed by atoms with van der Waals surface area (Å²) in [6.07, 6.45) is 0.878. The second kappa shape index (κ2) is 6.15. The molecule has 0 bridgehead atoms. The van der Waals surface area contributed by atoms with E-state index in [2.05, 4.69) is 5.32 Å². The third-order valence-corrected chi connectivity index (χ3v) is 2.47. The van der Waals surface area contributed by atoms with Crippen molar-refractivity contribution in [2.45, 2.75) is 6.42 Å². The first-order valence-corrected chi connectivity index (χ1v) is 5.36. The first-order chi connectivity index (χ1) is 8.06. The van der Waals surface area contributed by atoms with Crippen LogP contribution in [0.5, 0.6) is 0 Å². The van der Waals surface area contributed by atoms with Gasteiger partial charge < -0.3 is 10.2 Å². The molecule has 0 saturated heterocycles. The molecule has 0 aliphatic carbocycles. The summed E-state index contributed by atoms with van der Waals surface area (Å²) in [7, 11) is 3.62. The van der Waals surface area contributed by atoms with Crippen LogP contribution < -0.4 is 10.2 Å². The van der Waals surface area contributed by atoms with Crippen LogP contribution >= 0.6 is 0 Å². The van der Waals surface area contributed by atoms with Crippen LogP contribution in [0.1, 0.15) is 6.42 Å². The Morgan fingerprint density at radius 1 is 1.53 bits per heavy atom. The van der Waals surface area contributed by atoms with E-state index < -0.39 is 10.7 Å². The van der Waals surface area contributed by atoms with Gasteiger partial charge in [-0.3, -0.25) is 10.1 Å². The lowest BCUT2D eigenvalue weighted by atomic mass is 10.2. The summed E-state index contributed by atoms with van der Waals surface area (Å²) in [5.74, 6) is -0.564. The average molecular weight is 241 g/mol. The molecule has 0 amide bonds. The predicted molar refractivity (Wildman–Crippen MR) is 64.9 cm³/mol. The molecule has 6 heteroatoms. The minimum Gasteiger partial charge on any atom is -0.372 e. The standard InChI is InChI=1S/C11H16FN3O2/c1-13-6-3-7-14(2)11-5-4-9(15(16)17)8-10(11)12/h4-5,8,13H,3,6-7H2,1-2H3. The Labute approximate surface area is 99.4 Å². The Hall–Kier alpha value is -1.69. The molecule has 0 aliphatic heterocycles. The smallest absolute Gasteiger partial charge is 0.272 e. The van der Waals surface area contributed by atoms with Gasteiger partial charge in [0.1, 0.15) is 0 Å². The van der Waals surface area contributed by atoms with Gasteiger partial charge in [0.25, 0.3) is 5.69 Å². The van der Waals surface area contributed by atoms with Gasteiger partial charge in [0.05, 0.1) is 16.7 Å². The molecule has 94 valence electrons. The highest BCUT2D eigenvalue weighted by Crippen LogP contribution is 2.23. The molecule has 0 saturated carbocycles. The van der Waals surface area contributed by atoms with Gasteiger partial charge in [0, 0.05) is 19.7 Å². The van der Waals surface area contributed by atoms with Crippen LogP contribution in [0.4, 0.5) is 15.8 Å². The van der Waals surface area contributed by atoms with E-state index in [4.69, 9.17) is 0 Å². The lowest BCUT2D eigenvalue weighted by Gasteiger charge is -2.19. The van der Waals surface area contributed by atoms with Crippen LogP contribution in [0, 0.1) is 15.9 Å². The van der Waals surface area contributed by atoms with E-state index in [1.165, 1.54) is 12.1 Å². The molecule has 5 nitrogen and oxygen atoms in total. The van der Waals surface area contributed by atoms with Crippen LogP contribution in [0.3, 0.4) is 0 Å². The number of nitrogens with one attached hydrogen (secondary N) is 1. The minimum atomic E-state index is -0.603. The number of halogens is 1. The molecule has 0 heterocycles. The SMILES string of the molecule is CNCCCN(C)c1ccc([N+](=O)[O-])cc1F. The van der Waals surface area contributed by atoms with Crippen molar-refractivity contribution in [2.75, 3.05) is 32.1 Å². The van der Waals surface area contributed by atoms with Crippen molar-refractivity contribution in [2.24, 2.45) is 0 Å². The quantitative estimate of drug-likeness (QED) is 0.468. The van der Waals surface area contributed by atoms with E-state index in [0.717, 1.165) is 19.0 Å². The fourth-order valence-electron chi connectivity index (χ4n) is 1.53. The highest BCUT2D eigenvalue weighted by Gasteiger charge is 2.12. The molecule has 1 N–H and O–H groups in total. The number of nitro groups is 1. The highest BCUT2D eigenvalue weighted by atomic mass is 19.1. The summed E-state index contributed by atoms with van der Waals surface area (Å²) in [6.45, 7) is 1.54. The number of nitro benzene ring substituents is 1. The summed E-state index contributed by atoms with van der Waals surface area (Å²) in [6, 6.07) is 3.70. The molecule has 0 spiro atoms. The average Bonchev–Trinajstić information content (AvgIpc) is 2.28. The molecule has 0 atom stereocenters. The molecule has 1 rings (SSSR count). The van der Waals surface area contributed by atoms with Crippen LogP contribution in [0.25, 0.3) is 0 Å². The molecule has 1 aromatic rings. The third-order valence-electron chi connectivity index (χ3n) is 2.47. The van der Waals surface area contributed by atoms with Crippen LogP contribution in [0.15, 0.2) is 18.2 Å². The zero-order valence-electron chi connectivity index (χ0n) is 9.94. The molecule has 0 radical (unpaired) electrons. The maximum Gasteiger partial charge on any atom is 0.272 e. The lowest BCUT2D eigenvalue weighted by Crippen LogP contribution is -2.23. The number of hydrogen-bond donors (Lipinski definition) is 1. The molecule has 1 aromatic carbocycles. The summed E-state index contributed by atoms with van der Waals surface area (Å²) in [4.78, 5) is 11.6. The molecule has 0 aliphatic rings. The zero-order chi connectivity index (χ0) is 12.8. The molecule has 0 fully saturated rings. The largest absolute Gasteiger partial charge is 0.372 e. The van der Waals surface area contributed by atoms with E-state index in [-0.39, 0.29) is 5.69 Å². The first kappa shape index (κ1) is 13.4. The van der Waals surface area contributed by atoms with Crippen molar-refractivity contribution in [3.8, 4) is 0 Å².